The van der Waals surface area contributed by atoms with Crippen LogP contribution in [0.2, 0.25) is 0 Å². The summed E-state index contributed by atoms with van der Waals surface area (Å²) in [7, 11) is -1.65. The molecule has 1 aliphatic rings. The highest BCUT2D eigenvalue weighted by Gasteiger charge is 2.21. The van der Waals surface area contributed by atoms with Gasteiger partial charge in [0.15, 0.2) is 0 Å². The lowest BCUT2D eigenvalue weighted by Crippen LogP contribution is -2.40. The van der Waals surface area contributed by atoms with E-state index >= 15 is 0 Å². The van der Waals surface area contributed by atoms with Crippen LogP contribution in [0.1, 0.15) is 46.0 Å². The van der Waals surface area contributed by atoms with Gasteiger partial charge in [-0.3, -0.25) is 0 Å². The monoisotopic (exact) mass is 291 g/mol. The van der Waals surface area contributed by atoms with E-state index in [-0.39, 0.29) is 0 Å². The fraction of sp³-hybridized carbons (Fsp3) is 1.00. The van der Waals surface area contributed by atoms with Crippen molar-refractivity contribution in [1.82, 2.24) is 14.3 Å². The quantitative estimate of drug-likeness (QED) is 0.565. The van der Waals surface area contributed by atoms with Gasteiger partial charge in [0, 0.05) is 26.2 Å². The van der Waals surface area contributed by atoms with Crippen molar-refractivity contribution in [3.63, 3.8) is 0 Å². The Hall–Kier alpha value is -0.170. The van der Waals surface area contributed by atoms with Crippen molar-refractivity contribution in [2.45, 2.75) is 52.0 Å². The molecule has 114 valence electrons. The van der Waals surface area contributed by atoms with Crippen molar-refractivity contribution >= 4 is 10.2 Å². The number of hydrogen-bond acceptors (Lipinski definition) is 3. The summed E-state index contributed by atoms with van der Waals surface area (Å²) < 4.78 is 27.9. The third kappa shape index (κ3) is 7.87. The number of hydrogen-bond donors (Lipinski definition) is 2. The Balaban J connectivity index is 2.10. The molecule has 2 N–H and O–H groups in total. The summed E-state index contributed by atoms with van der Waals surface area (Å²) >= 11 is 0. The normalized spacial score (nSPS) is 16.5. The molecule has 0 saturated heterocycles. The fourth-order valence-corrected chi connectivity index (χ4v) is 2.91. The van der Waals surface area contributed by atoms with Crippen LogP contribution in [0.3, 0.4) is 0 Å². The van der Waals surface area contributed by atoms with Gasteiger partial charge in [-0.05, 0) is 31.7 Å². The minimum absolute atomic E-state index is 0.447. The van der Waals surface area contributed by atoms with Gasteiger partial charge in [-0.2, -0.15) is 12.7 Å². The van der Waals surface area contributed by atoms with E-state index in [2.05, 4.69) is 23.9 Å². The molecule has 0 atom stereocenters. The van der Waals surface area contributed by atoms with Crippen molar-refractivity contribution in [3.8, 4) is 0 Å². The summed E-state index contributed by atoms with van der Waals surface area (Å²) in [5.41, 5.74) is 0. The summed E-state index contributed by atoms with van der Waals surface area (Å²) in [4.78, 5) is 0. The molecular weight excluding hydrogens is 262 g/mol. The van der Waals surface area contributed by atoms with Crippen LogP contribution < -0.4 is 10.0 Å². The van der Waals surface area contributed by atoms with Gasteiger partial charge in [-0.1, -0.05) is 26.7 Å². The predicted octanol–water partition coefficient (Wildman–Crippen LogP) is 1.33. The van der Waals surface area contributed by atoms with Crippen LogP contribution in [-0.4, -0.2) is 45.4 Å². The van der Waals surface area contributed by atoms with Crippen molar-refractivity contribution in [2.75, 3.05) is 26.7 Å². The number of nitrogens with zero attached hydrogens (tertiary/aromatic N) is 1. The highest BCUT2D eigenvalue weighted by atomic mass is 32.2. The molecule has 0 heterocycles. The van der Waals surface area contributed by atoms with Crippen LogP contribution in [0, 0.1) is 5.92 Å². The first-order valence-corrected chi connectivity index (χ1v) is 8.80. The van der Waals surface area contributed by atoms with Crippen molar-refractivity contribution in [3.05, 3.63) is 0 Å². The molecule has 5 nitrogen and oxygen atoms in total. The van der Waals surface area contributed by atoms with Crippen LogP contribution in [-0.2, 0) is 10.2 Å². The summed E-state index contributed by atoms with van der Waals surface area (Å²) in [6.45, 7) is 6.13. The van der Waals surface area contributed by atoms with Crippen LogP contribution in [0.25, 0.3) is 0 Å². The molecule has 0 spiro atoms. The van der Waals surface area contributed by atoms with E-state index in [1.165, 1.54) is 17.1 Å². The molecule has 6 heteroatoms. The Bertz CT molecular complexity index is 340. The van der Waals surface area contributed by atoms with Gasteiger partial charge in [-0.25, -0.2) is 4.72 Å². The van der Waals surface area contributed by atoms with Gasteiger partial charge < -0.3 is 5.32 Å². The van der Waals surface area contributed by atoms with E-state index in [0.29, 0.717) is 19.1 Å². The lowest BCUT2D eigenvalue weighted by Gasteiger charge is -2.18. The Kier molecular flexibility index (Phi) is 7.28. The fourth-order valence-electron chi connectivity index (χ4n) is 1.92. The summed E-state index contributed by atoms with van der Waals surface area (Å²) in [5.74, 6) is 0.865. The summed E-state index contributed by atoms with van der Waals surface area (Å²) in [5, 5.41) is 3.28. The van der Waals surface area contributed by atoms with Gasteiger partial charge >= 0.3 is 0 Å². The van der Waals surface area contributed by atoms with Crippen molar-refractivity contribution < 1.29 is 8.42 Å². The lowest BCUT2D eigenvalue weighted by atomic mass is 10.2. The highest BCUT2D eigenvalue weighted by molar-refractivity contribution is 7.87. The summed E-state index contributed by atoms with van der Waals surface area (Å²) in [6.07, 6.45) is 5.60. The molecule has 0 unspecified atom stereocenters. The number of nitrogens with one attached hydrogen (secondary N) is 2. The molecule has 0 aliphatic heterocycles. The molecule has 0 aromatic carbocycles. The smallest absolute Gasteiger partial charge is 0.279 e. The Morgan fingerprint density at radius 2 is 1.89 bits per heavy atom. The van der Waals surface area contributed by atoms with Crippen molar-refractivity contribution in [1.29, 1.82) is 0 Å². The molecule has 1 aliphatic carbocycles. The first-order chi connectivity index (χ1) is 8.92. The molecule has 1 rings (SSSR count). The average molecular weight is 291 g/mol. The van der Waals surface area contributed by atoms with Gasteiger partial charge in [0.25, 0.3) is 10.2 Å². The van der Waals surface area contributed by atoms with Crippen LogP contribution >= 0.6 is 0 Å². The van der Waals surface area contributed by atoms with E-state index < -0.39 is 10.2 Å². The van der Waals surface area contributed by atoms with E-state index in [9.17, 15) is 8.42 Å². The predicted molar refractivity (Wildman–Crippen MR) is 79.3 cm³/mol. The molecule has 0 aromatic rings. The second kappa shape index (κ2) is 8.19. The Morgan fingerprint density at radius 3 is 2.47 bits per heavy atom. The first-order valence-electron chi connectivity index (χ1n) is 7.36. The Morgan fingerprint density at radius 1 is 1.21 bits per heavy atom. The molecule has 0 bridgehead atoms. The maximum Gasteiger partial charge on any atom is 0.279 e. The zero-order valence-electron chi connectivity index (χ0n) is 12.5. The van der Waals surface area contributed by atoms with Crippen LogP contribution in [0.5, 0.6) is 0 Å². The van der Waals surface area contributed by atoms with E-state index in [0.717, 1.165) is 31.7 Å². The topological polar surface area (TPSA) is 61.4 Å². The zero-order chi connectivity index (χ0) is 14.3. The molecule has 0 radical (unpaired) electrons. The highest BCUT2D eigenvalue weighted by Crippen LogP contribution is 2.33. The molecular formula is C13H29N3O2S. The van der Waals surface area contributed by atoms with E-state index in [4.69, 9.17) is 0 Å². The van der Waals surface area contributed by atoms with E-state index in [1.54, 1.807) is 7.05 Å². The largest absolute Gasteiger partial charge is 0.314 e. The summed E-state index contributed by atoms with van der Waals surface area (Å²) in [6, 6.07) is 0.447. The third-order valence-electron chi connectivity index (χ3n) is 3.38. The van der Waals surface area contributed by atoms with Gasteiger partial charge in [-0.15, -0.1) is 0 Å². The molecule has 19 heavy (non-hydrogen) atoms. The van der Waals surface area contributed by atoms with E-state index in [1.807, 2.05) is 0 Å². The minimum atomic E-state index is -3.28. The SMILES string of the molecule is CC(C)NCCCN(C)S(=O)(=O)NCCCC1CC1. The van der Waals surface area contributed by atoms with Gasteiger partial charge in [0.2, 0.25) is 0 Å². The molecule has 1 fully saturated rings. The van der Waals surface area contributed by atoms with Crippen molar-refractivity contribution in [2.24, 2.45) is 5.92 Å². The van der Waals surface area contributed by atoms with Gasteiger partial charge in [0.1, 0.15) is 0 Å². The average Bonchev–Trinajstić information content (AvgIpc) is 3.13. The third-order valence-corrected chi connectivity index (χ3v) is 4.96. The standard InChI is InChI=1S/C13H29N3O2S/c1-12(2)14-9-5-11-16(3)19(17,18)15-10-4-6-13-7-8-13/h12-15H,4-11H2,1-3H3. The number of rotatable bonds is 11. The van der Waals surface area contributed by atoms with Crippen LogP contribution in [0.15, 0.2) is 0 Å². The lowest BCUT2D eigenvalue weighted by molar-refractivity contribution is 0.438. The molecule has 1 saturated carbocycles. The van der Waals surface area contributed by atoms with Crippen LogP contribution in [0.4, 0.5) is 0 Å². The second-order valence-electron chi connectivity index (χ2n) is 5.77. The molecule has 0 amide bonds. The van der Waals surface area contributed by atoms with Gasteiger partial charge in [0.05, 0.1) is 0 Å². The minimum Gasteiger partial charge on any atom is -0.314 e. The second-order valence-corrected chi connectivity index (χ2v) is 7.63. The maximum atomic E-state index is 11.9. The maximum absolute atomic E-state index is 11.9. The first kappa shape index (κ1) is 16.9. The Labute approximate surface area is 118 Å². The zero-order valence-corrected chi connectivity index (χ0v) is 13.3. The molecule has 0 aromatic heterocycles.